The molecule has 0 radical (unpaired) electrons. The van der Waals surface area contributed by atoms with Gasteiger partial charge < -0.3 is 10.1 Å². The van der Waals surface area contributed by atoms with Gasteiger partial charge in [-0.1, -0.05) is 49.4 Å². The number of ether oxygens (including phenoxy) is 1. The van der Waals surface area contributed by atoms with Gasteiger partial charge in [-0.2, -0.15) is 0 Å². The normalized spacial score (nSPS) is 11.9. The van der Waals surface area contributed by atoms with Gasteiger partial charge in [0.15, 0.2) is 5.65 Å². The summed E-state index contributed by atoms with van der Waals surface area (Å²) in [4.78, 5) is 17.5. The number of carbonyl (C=O) groups is 1. The van der Waals surface area contributed by atoms with Crippen LogP contribution in [0.1, 0.15) is 24.8 Å². The lowest BCUT2D eigenvalue weighted by atomic mass is 9.95. The van der Waals surface area contributed by atoms with Crippen molar-refractivity contribution in [1.82, 2.24) is 14.6 Å². The predicted molar refractivity (Wildman–Crippen MR) is 113 cm³/mol. The summed E-state index contributed by atoms with van der Waals surface area (Å²) in [6.45, 7) is 2.02. The number of hydrogen-bond acceptors (Lipinski definition) is 4. The summed E-state index contributed by atoms with van der Waals surface area (Å²) in [5.74, 6) is 0.318. The van der Waals surface area contributed by atoms with Gasteiger partial charge in [-0.05, 0) is 30.2 Å². The predicted octanol–water partition coefficient (Wildman–Crippen LogP) is 4.54. The molecule has 4 aromatic rings. The van der Waals surface area contributed by atoms with E-state index in [2.05, 4.69) is 15.4 Å². The van der Waals surface area contributed by atoms with Crippen molar-refractivity contribution in [3.63, 3.8) is 0 Å². The van der Waals surface area contributed by atoms with Gasteiger partial charge in [0.25, 0.3) is 0 Å². The van der Waals surface area contributed by atoms with E-state index in [-0.39, 0.29) is 11.8 Å². The molecule has 0 aliphatic rings. The van der Waals surface area contributed by atoms with Crippen LogP contribution in [0.3, 0.4) is 0 Å². The monoisotopic (exact) mass is 386 g/mol. The van der Waals surface area contributed by atoms with Gasteiger partial charge in [-0.15, -0.1) is 5.10 Å². The fraction of sp³-hybridized carbons (Fsp3) is 0.174. The number of carbonyl (C=O) groups excluding carboxylic acids is 1. The molecule has 1 N–H and O–H groups in total. The summed E-state index contributed by atoms with van der Waals surface area (Å²) < 4.78 is 6.84. The van der Waals surface area contributed by atoms with Crippen molar-refractivity contribution in [1.29, 1.82) is 0 Å². The summed E-state index contributed by atoms with van der Waals surface area (Å²) in [5, 5.41) is 7.39. The van der Waals surface area contributed by atoms with Crippen LogP contribution in [-0.4, -0.2) is 27.6 Å². The van der Waals surface area contributed by atoms with Gasteiger partial charge in [0.1, 0.15) is 0 Å². The third kappa shape index (κ3) is 3.96. The molecule has 0 saturated carbocycles. The zero-order valence-corrected chi connectivity index (χ0v) is 16.4. The fourth-order valence-corrected chi connectivity index (χ4v) is 3.36. The zero-order valence-electron chi connectivity index (χ0n) is 16.4. The summed E-state index contributed by atoms with van der Waals surface area (Å²) in [6.07, 6.45) is 2.58. The number of nitrogens with one attached hydrogen (secondary N) is 1. The first-order chi connectivity index (χ1) is 14.2. The maximum absolute atomic E-state index is 12.8. The van der Waals surface area contributed by atoms with Crippen molar-refractivity contribution in [2.75, 3.05) is 12.4 Å². The molecule has 0 saturated heterocycles. The Hall–Kier alpha value is -3.67. The molecule has 6 heteroatoms. The second-order valence-corrected chi connectivity index (χ2v) is 6.75. The van der Waals surface area contributed by atoms with Crippen LogP contribution in [0, 0.1) is 0 Å². The standard InChI is InChI=1S/C23H22N4O2/c1-3-19(16-8-5-4-6-9-16)23(28)24-18-11-7-10-17(14-18)20-15-27-21(25-20)12-13-22(26-27)29-2/h4-15,19H,3H2,1-2H3,(H,24,28)/t19-/m1/s1. The lowest BCUT2D eigenvalue weighted by Gasteiger charge is -2.15. The molecule has 2 aromatic carbocycles. The number of nitrogens with zero attached hydrogens (tertiary/aromatic N) is 3. The number of aromatic nitrogens is 3. The van der Waals surface area contributed by atoms with E-state index >= 15 is 0 Å². The molecule has 2 aromatic heterocycles. The highest BCUT2D eigenvalue weighted by atomic mass is 16.5. The van der Waals surface area contributed by atoms with Gasteiger partial charge in [-0.25, -0.2) is 9.50 Å². The minimum absolute atomic E-state index is 0.0164. The highest BCUT2D eigenvalue weighted by molar-refractivity contribution is 5.96. The van der Waals surface area contributed by atoms with Crippen molar-refractivity contribution in [2.24, 2.45) is 0 Å². The van der Waals surface area contributed by atoms with Crippen LogP contribution in [0.2, 0.25) is 0 Å². The number of anilines is 1. The molecular formula is C23H22N4O2. The number of hydrogen-bond donors (Lipinski definition) is 1. The first-order valence-electron chi connectivity index (χ1n) is 9.54. The number of imidazole rings is 1. The molecule has 29 heavy (non-hydrogen) atoms. The maximum atomic E-state index is 12.8. The van der Waals surface area contributed by atoms with E-state index in [1.807, 2.05) is 73.8 Å². The molecule has 0 aliphatic heterocycles. The van der Waals surface area contributed by atoms with Crippen LogP contribution in [-0.2, 0) is 4.79 Å². The summed E-state index contributed by atoms with van der Waals surface area (Å²) in [6, 6.07) is 21.2. The summed E-state index contributed by atoms with van der Waals surface area (Å²) in [5.41, 5.74) is 4.16. The summed E-state index contributed by atoms with van der Waals surface area (Å²) >= 11 is 0. The van der Waals surface area contributed by atoms with Crippen molar-refractivity contribution < 1.29 is 9.53 Å². The van der Waals surface area contributed by atoms with E-state index in [9.17, 15) is 4.79 Å². The Morgan fingerprint density at radius 1 is 1.10 bits per heavy atom. The highest BCUT2D eigenvalue weighted by Gasteiger charge is 2.18. The van der Waals surface area contributed by atoms with Crippen molar-refractivity contribution in [2.45, 2.75) is 19.3 Å². The van der Waals surface area contributed by atoms with Crippen LogP contribution in [0.4, 0.5) is 5.69 Å². The molecule has 6 nitrogen and oxygen atoms in total. The lowest BCUT2D eigenvalue weighted by Crippen LogP contribution is -2.20. The molecule has 0 fully saturated rings. The molecule has 0 bridgehead atoms. The van der Waals surface area contributed by atoms with Gasteiger partial charge in [-0.3, -0.25) is 4.79 Å². The van der Waals surface area contributed by atoms with Gasteiger partial charge in [0.2, 0.25) is 11.8 Å². The topological polar surface area (TPSA) is 68.5 Å². The molecule has 1 atom stereocenters. The van der Waals surface area contributed by atoms with Crippen LogP contribution in [0.25, 0.3) is 16.9 Å². The first kappa shape index (κ1) is 18.7. The highest BCUT2D eigenvalue weighted by Crippen LogP contribution is 2.25. The second-order valence-electron chi connectivity index (χ2n) is 6.75. The third-order valence-corrected chi connectivity index (χ3v) is 4.86. The van der Waals surface area contributed by atoms with E-state index in [1.54, 1.807) is 17.7 Å². The minimum atomic E-state index is -0.188. The van der Waals surface area contributed by atoms with Crippen LogP contribution >= 0.6 is 0 Å². The van der Waals surface area contributed by atoms with Gasteiger partial charge in [0, 0.05) is 17.3 Å². The van der Waals surface area contributed by atoms with Crippen LogP contribution in [0.15, 0.2) is 72.9 Å². The molecular weight excluding hydrogens is 364 g/mol. The molecule has 146 valence electrons. The lowest BCUT2D eigenvalue weighted by molar-refractivity contribution is -0.117. The Labute approximate surface area is 169 Å². The smallest absolute Gasteiger partial charge is 0.231 e. The van der Waals surface area contributed by atoms with E-state index < -0.39 is 0 Å². The Morgan fingerprint density at radius 2 is 1.93 bits per heavy atom. The first-order valence-corrected chi connectivity index (χ1v) is 9.54. The summed E-state index contributed by atoms with van der Waals surface area (Å²) in [7, 11) is 1.58. The van der Waals surface area contributed by atoms with E-state index in [0.29, 0.717) is 5.88 Å². The number of rotatable bonds is 6. The Balaban J connectivity index is 1.58. The molecule has 4 rings (SSSR count). The Bertz CT molecular complexity index is 1140. The molecule has 0 spiro atoms. The van der Waals surface area contributed by atoms with Crippen LogP contribution in [0.5, 0.6) is 5.88 Å². The van der Waals surface area contributed by atoms with Crippen LogP contribution < -0.4 is 10.1 Å². The average molecular weight is 386 g/mol. The molecule has 0 unspecified atom stereocenters. The van der Waals surface area contributed by atoms with Crippen molar-refractivity contribution in [3.8, 4) is 17.1 Å². The second kappa shape index (κ2) is 8.14. The average Bonchev–Trinajstić information content (AvgIpc) is 3.18. The number of amides is 1. The number of methoxy groups -OCH3 is 1. The van der Waals surface area contributed by atoms with E-state index in [1.165, 1.54) is 0 Å². The number of fused-ring (bicyclic) bond motifs is 1. The zero-order chi connectivity index (χ0) is 20.2. The van der Waals surface area contributed by atoms with Crippen molar-refractivity contribution in [3.05, 3.63) is 78.5 Å². The van der Waals surface area contributed by atoms with Gasteiger partial charge in [0.05, 0.1) is 24.9 Å². The van der Waals surface area contributed by atoms with Gasteiger partial charge >= 0.3 is 0 Å². The molecule has 2 heterocycles. The SMILES string of the molecule is CC[C@@H](C(=O)Nc1cccc(-c2cn3nc(OC)ccc3n2)c1)c1ccccc1. The third-order valence-electron chi connectivity index (χ3n) is 4.86. The van der Waals surface area contributed by atoms with E-state index in [4.69, 9.17) is 4.74 Å². The Kier molecular flexibility index (Phi) is 5.24. The van der Waals surface area contributed by atoms with Crippen molar-refractivity contribution >= 4 is 17.2 Å². The van der Waals surface area contributed by atoms with E-state index in [0.717, 1.165) is 34.6 Å². The molecule has 1 amide bonds. The molecule has 0 aliphatic carbocycles. The largest absolute Gasteiger partial charge is 0.480 e. The maximum Gasteiger partial charge on any atom is 0.231 e. The minimum Gasteiger partial charge on any atom is -0.480 e. The number of benzene rings is 2. The quantitative estimate of drug-likeness (QED) is 0.528. The fourth-order valence-electron chi connectivity index (χ4n) is 3.36. The Morgan fingerprint density at radius 3 is 2.69 bits per heavy atom.